The van der Waals surface area contributed by atoms with Gasteiger partial charge in [0.15, 0.2) is 0 Å². The van der Waals surface area contributed by atoms with Crippen LogP contribution in [0.25, 0.3) is 5.69 Å². The summed E-state index contributed by atoms with van der Waals surface area (Å²) in [6, 6.07) is 14.7. The van der Waals surface area contributed by atoms with Crippen molar-refractivity contribution in [2.24, 2.45) is 0 Å². The van der Waals surface area contributed by atoms with Crippen molar-refractivity contribution in [3.05, 3.63) is 77.4 Å². The lowest BCUT2D eigenvalue weighted by molar-refractivity contribution is -0.0948. The highest BCUT2D eigenvalue weighted by Gasteiger charge is 2.34. The van der Waals surface area contributed by atoms with Crippen molar-refractivity contribution in [1.82, 2.24) is 9.55 Å². The van der Waals surface area contributed by atoms with Crippen LogP contribution in [0, 0.1) is 13.8 Å². The Morgan fingerprint density at radius 1 is 1.10 bits per heavy atom. The summed E-state index contributed by atoms with van der Waals surface area (Å²) >= 11 is 0. The third-order valence-corrected chi connectivity index (χ3v) is 5.80. The second-order valence-corrected chi connectivity index (χ2v) is 7.59. The molecule has 0 radical (unpaired) electrons. The molecule has 5 nitrogen and oxygen atoms in total. The summed E-state index contributed by atoms with van der Waals surface area (Å²) in [6.45, 7) is 6.10. The fourth-order valence-corrected chi connectivity index (χ4v) is 4.06. The Kier molecular flexibility index (Phi) is 5.69. The molecule has 1 aromatic heterocycles. The summed E-state index contributed by atoms with van der Waals surface area (Å²) in [7, 11) is 1.78. The highest BCUT2D eigenvalue weighted by Crippen LogP contribution is 2.36. The average molecular weight is 392 g/mol. The summed E-state index contributed by atoms with van der Waals surface area (Å²) < 4.78 is 19.7. The number of nitrogens with zero attached hydrogens (tertiary/aromatic N) is 2. The molecular weight excluding hydrogens is 364 g/mol. The van der Waals surface area contributed by atoms with E-state index < -0.39 is 0 Å². The molecule has 29 heavy (non-hydrogen) atoms. The molecule has 1 aliphatic rings. The van der Waals surface area contributed by atoms with Crippen molar-refractivity contribution in [3.63, 3.8) is 0 Å². The van der Waals surface area contributed by atoms with Gasteiger partial charge in [-0.05, 0) is 48.7 Å². The molecular formula is C24H28N2O3. The predicted octanol–water partition coefficient (Wildman–Crippen LogP) is 4.72. The van der Waals surface area contributed by atoms with Gasteiger partial charge in [0, 0.05) is 51.2 Å². The predicted molar refractivity (Wildman–Crippen MR) is 113 cm³/mol. The van der Waals surface area contributed by atoms with Crippen LogP contribution in [-0.4, -0.2) is 29.9 Å². The van der Waals surface area contributed by atoms with E-state index in [1.54, 1.807) is 7.11 Å². The van der Waals surface area contributed by atoms with E-state index in [4.69, 9.17) is 14.2 Å². The van der Waals surface area contributed by atoms with Crippen LogP contribution in [0.2, 0.25) is 0 Å². The molecule has 0 spiro atoms. The van der Waals surface area contributed by atoms with E-state index in [-0.39, 0.29) is 5.60 Å². The van der Waals surface area contributed by atoms with Crippen molar-refractivity contribution >= 4 is 0 Å². The normalized spacial score (nSPS) is 16.0. The highest BCUT2D eigenvalue weighted by atomic mass is 16.5. The van der Waals surface area contributed by atoms with Gasteiger partial charge in [-0.25, -0.2) is 4.98 Å². The molecule has 5 heteroatoms. The smallest absolute Gasteiger partial charge is 0.120 e. The van der Waals surface area contributed by atoms with Crippen molar-refractivity contribution < 1.29 is 14.2 Å². The van der Waals surface area contributed by atoms with Gasteiger partial charge in [-0.3, -0.25) is 0 Å². The maximum Gasteiger partial charge on any atom is 0.120 e. The number of ether oxygens (including phenoxy) is 3. The van der Waals surface area contributed by atoms with E-state index >= 15 is 0 Å². The first kappa shape index (κ1) is 19.7. The van der Waals surface area contributed by atoms with Gasteiger partial charge in [-0.15, -0.1) is 0 Å². The molecule has 2 heterocycles. The van der Waals surface area contributed by atoms with E-state index in [0.29, 0.717) is 6.61 Å². The molecule has 0 saturated carbocycles. The standard InChI is InChI=1S/C24H28N2O3/c1-18-15-20(7-8-23(18)26-12-11-25-19(26)2)17-29-22-6-4-5-21(16-22)24(27-3)9-13-28-14-10-24/h4-8,11-12,15-16H,9-10,13-14,17H2,1-3H3. The van der Waals surface area contributed by atoms with Gasteiger partial charge in [0.2, 0.25) is 0 Å². The molecule has 4 rings (SSSR count). The summed E-state index contributed by atoms with van der Waals surface area (Å²) in [4.78, 5) is 4.31. The minimum atomic E-state index is -0.279. The van der Waals surface area contributed by atoms with Gasteiger partial charge in [0.25, 0.3) is 0 Å². The van der Waals surface area contributed by atoms with Crippen molar-refractivity contribution in [3.8, 4) is 11.4 Å². The van der Waals surface area contributed by atoms with Gasteiger partial charge >= 0.3 is 0 Å². The Hall–Kier alpha value is -2.63. The fraction of sp³-hybridized carbons (Fsp3) is 0.375. The van der Waals surface area contributed by atoms with Crippen molar-refractivity contribution in [2.45, 2.75) is 38.9 Å². The molecule has 0 aliphatic carbocycles. The zero-order valence-electron chi connectivity index (χ0n) is 17.4. The highest BCUT2D eigenvalue weighted by molar-refractivity contribution is 5.43. The van der Waals surface area contributed by atoms with Gasteiger partial charge < -0.3 is 18.8 Å². The maximum atomic E-state index is 6.12. The van der Waals surface area contributed by atoms with E-state index in [9.17, 15) is 0 Å². The number of imidazole rings is 1. The second-order valence-electron chi connectivity index (χ2n) is 7.59. The van der Waals surface area contributed by atoms with Crippen LogP contribution >= 0.6 is 0 Å². The summed E-state index contributed by atoms with van der Waals surface area (Å²) in [5.41, 5.74) is 4.36. The van der Waals surface area contributed by atoms with Crippen LogP contribution in [0.4, 0.5) is 0 Å². The molecule has 0 bridgehead atoms. The molecule has 0 unspecified atom stereocenters. The summed E-state index contributed by atoms with van der Waals surface area (Å²) in [5, 5.41) is 0. The summed E-state index contributed by atoms with van der Waals surface area (Å²) in [5.74, 6) is 1.84. The Balaban J connectivity index is 1.48. The van der Waals surface area contributed by atoms with Crippen molar-refractivity contribution in [1.29, 1.82) is 0 Å². The van der Waals surface area contributed by atoms with Crippen LogP contribution in [0.5, 0.6) is 5.75 Å². The number of aromatic nitrogens is 2. The average Bonchev–Trinajstić information content (AvgIpc) is 3.18. The number of aryl methyl sites for hydroxylation is 2. The van der Waals surface area contributed by atoms with Crippen LogP contribution in [0.3, 0.4) is 0 Å². The number of methoxy groups -OCH3 is 1. The van der Waals surface area contributed by atoms with Gasteiger partial charge in [-0.2, -0.15) is 0 Å². The maximum absolute atomic E-state index is 6.12. The Morgan fingerprint density at radius 3 is 2.62 bits per heavy atom. The van der Waals surface area contributed by atoms with Crippen molar-refractivity contribution in [2.75, 3.05) is 20.3 Å². The molecule has 3 aromatic rings. The van der Waals surface area contributed by atoms with Gasteiger partial charge in [-0.1, -0.05) is 24.3 Å². The largest absolute Gasteiger partial charge is 0.489 e. The Morgan fingerprint density at radius 2 is 1.93 bits per heavy atom. The molecule has 0 amide bonds. The second kappa shape index (κ2) is 8.39. The van der Waals surface area contributed by atoms with Crippen LogP contribution < -0.4 is 4.74 Å². The number of hydrogen-bond donors (Lipinski definition) is 0. The van der Waals surface area contributed by atoms with E-state index in [0.717, 1.165) is 54.4 Å². The van der Waals surface area contributed by atoms with Crippen LogP contribution in [0.1, 0.15) is 35.4 Å². The topological polar surface area (TPSA) is 45.5 Å². The molecule has 2 aromatic carbocycles. The molecule has 1 aliphatic heterocycles. The molecule has 1 saturated heterocycles. The third kappa shape index (κ3) is 4.07. The first-order chi connectivity index (χ1) is 14.1. The SMILES string of the molecule is COC1(c2cccc(OCc3ccc(-n4ccnc4C)c(C)c3)c2)CCOCC1. The molecule has 0 atom stereocenters. The molecule has 152 valence electrons. The Labute approximate surface area is 172 Å². The number of benzene rings is 2. The van der Waals surface area contributed by atoms with E-state index in [2.05, 4.69) is 46.8 Å². The number of rotatable bonds is 6. The molecule has 1 fully saturated rings. The quantitative estimate of drug-likeness (QED) is 0.609. The van der Waals surface area contributed by atoms with Gasteiger partial charge in [0.05, 0.1) is 5.60 Å². The zero-order valence-corrected chi connectivity index (χ0v) is 17.4. The first-order valence-corrected chi connectivity index (χ1v) is 10.1. The Bertz CT molecular complexity index is 974. The van der Waals surface area contributed by atoms with E-state index in [1.807, 2.05) is 31.5 Å². The monoisotopic (exact) mass is 392 g/mol. The summed E-state index contributed by atoms with van der Waals surface area (Å²) in [6.07, 6.45) is 5.54. The number of hydrogen-bond acceptors (Lipinski definition) is 4. The minimum Gasteiger partial charge on any atom is -0.489 e. The van der Waals surface area contributed by atoms with Crippen LogP contribution in [-0.2, 0) is 21.7 Å². The lowest BCUT2D eigenvalue weighted by Gasteiger charge is -2.36. The minimum absolute atomic E-state index is 0.279. The zero-order chi connectivity index (χ0) is 20.3. The van der Waals surface area contributed by atoms with Gasteiger partial charge in [0.1, 0.15) is 18.2 Å². The molecule has 0 N–H and O–H groups in total. The van der Waals surface area contributed by atoms with E-state index in [1.165, 1.54) is 5.56 Å². The fourth-order valence-electron chi connectivity index (χ4n) is 4.06. The lowest BCUT2D eigenvalue weighted by atomic mass is 9.86. The first-order valence-electron chi connectivity index (χ1n) is 10.1. The van der Waals surface area contributed by atoms with Crippen LogP contribution in [0.15, 0.2) is 54.9 Å². The third-order valence-electron chi connectivity index (χ3n) is 5.80. The lowest BCUT2D eigenvalue weighted by Crippen LogP contribution is -2.35.